The molecule has 1 heterocycles. The van der Waals surface area contributed by atoms with Gasteiger partial charge in [0, 0.05) is 37.5 Å². The van der Waals surface area contributed by atoms with Crippen LogP contribution in [0.1, 0.15) is 51.2 Å². The first-order chi connectivity index (χ1) is 14.5. The van der Waals surface area contributed by atoms with Crippen LogP contribution in [0, 0.1) is 6.92 Å². The highest BCUT2D eigenvalue weighted by Gasteiger charge is 2.08. The van der Waals surface area contributed by atoms with Crippen molar-refractivity contribution in [1.29, 1.82) is 0 Å². The van der Waals surface area contributed by atoms with E-state index in [1.807, 2.05) is 12.3 Å². The van der Waals surface area contributed by atoms with Crippen molar-refractivity contribution in [1.82, 2.24) is 15.2 Å². The molecule has 0 bridgehead atoms. The van der Waals surface area contributed by atoms with E-state index in [9.17, 15) is 4.79 Å². The van der Waals surface area contributed by atoms with Crippen molar-refractivity contribution in [2.45, 2.75) is 66.2 Å². The van der Waals surface area contributed by atoms with Gasteiger partial charge in [-0.1, -0.05) is 25.1 Å². The topological polar surface area (TPSA) is 67.7 Å². The molecule has 0 radical (unpaired) electrons. The van der Waals surface area contributed by atoms with E-state index in [0.717, 1.165) is 56.2 Å². The molecule has 2 rings (SSSR count). The van der Waals surface area contributed by atoms with Crippen LogP contribution in [0.2, 0.25) is 0 Å². The maximum atomic E-state index is 11.7. The van der Waals surface area contributed by atoms with Crippen molar-refractivity contribution in [3.8, 4) is 5.75 Å². The van der Waals surface area contributed by atoms with Gasteiger partial charge in [0.25, 0.3) is 0 Å². The number of hydrogen-bond donors (Lipinski definition) is 2. The summed E-state index contributed by atoms with van der Waals surface area (Å²) in [7, 11) is 0. The molecule has 0 saturated heterocycles. The van der Waals surface area contributed by atoms with E-state index >= 15 is 0 Å². The Bertz CT molecular complexity index is 867. The van der Waals surface area contributed by atoms with Crippen LogP contribution in [0.3, 0.4) is 0 Å². The van der Waals surface area contributed by atoms with Crippen LogP contribution in [0.4, 0.5) is 0 Å². The van der Waals surface area contributed by atoms with Gasteiger partial charge in [-0.3, -0.25) is 4.79 Å². The van der Waals surface area contributed by atoms with E-state index in [0.29, 0.717) is 6.54 Å². The van der Waals surface area contributed by atoms with E-state index in [4.69, 9.17) is 9.73 Å². The second-order valence-electron chi connectivity index (χ2n) is 7.51. The van der Waals surface area contributed by atoms with Gasteiger partial charge >= 0.3 is 0 Å². The molecular formula is C24H37IN4O2. The molecule has 0 aliphatic carbocycles. The Morgan fingerprint density at radius 1 is 1.16 bits per heavy atom. The van der Waals surface area contributed by atoms with Crippen molar-refractivity contribution in [3.05, 3.63) is 64.1 Å². The highest BCUT2D eigenvalue weighted by molar-refractivity contribution is 14.0. The summed E-state index contributed by atoms with van der Waals surface area (Å²) in [5.41, 5.74) is 2.32. The van der Waals surface area contributed by atoms with E-state index in [1.54, 1.807) is 16.7 Å². The second kappa shape index (κ2) is 14.9. The summed E-state index contributed by atoms with van der Waals surface area (Å²) >= 11 is 0. The molecule has 172 valence electrons. The first-order valence-electron chi connectivity index (χ1n) is 11.0. The molecule has 1 atom stereocenters. The van der Waals surface area contributed by atoms with Gasteiger partial charge in [-0.2, -0.15) is 0 Å². The third-order valence-electron chi connectivity index (χ3n) is 4.89. The summed E-state index contributed by atoms with van der Waals surface area (Å²) < 4.78 is 7.84. The number of benzene rings is 1. The molecular weight excluding hydrogens is 503 g/mol. The minimum atomic E-state index is 0. The van der Waals surface area contributed by atoms with E-state index < -0.39 is 0 Å². The zero-order valence-electron chi connectivity index (χ0n) is 19.2. The number of aryl methyl sites for hydroxylation is 2. The quantitative estimate of drug-likeness (QED) is 0.191. The smallest absolute Gasteiger partial charge is 0.250 e. The van der Waals surface area contributed by atoms with Crippen LogP contribution in [0.5, 0.6) is 5.75 Å². The molecule has 7 heteroatoms. The van der Waals surface area contributed by atoms with Gasteiger partial charge in [-0.05, 0) is 57.7 Å². The zero-order chi connectivity index (χ0) is 21.8. The number of ether oxygens (including phenoxy) is 1. The molecule has 1 unspecified atom stereocenters. The Balaban J connectivity index is 0.00000480. The summed E-state index contributed by atoms with van der Waals surface area (Å²) in [6.45, 7) is 11.2. The van der Waals surface area contributed by atoms with Gasteiger partial charge in [0.05, 0.1) is 12.6 Å². The monoisotopic (exact) mass is 540 g/mol. The van der Waals surface area contributed by atoms with Gasteiger partial charge in [-0.15, -0.1) is 24.0 Å². The van der Waals surface area contributed by atoms with Crippen LogP contribution in [0.25, 0.3) is 0 Å². The minimum Gasteiger partial charge on any atom is -0.490 e. The summed E-state index contributed by atoms with van der Waals surface area (Å²) in [6.07, 6.45) is 4.87. The largest absolute Gasteiger partial charge is 0.490 e. The molecule has 0 spiro atoms. The summed E-state index contributed by atoms with van der Waals surface area (Å²) in [5, 5.41) is 6.68. The fourth-order valence-corrected chi connectivity index (χ4v) is 2.97. The van der Waals surface area contributed by atoms with Crippen molar-refractivity contribution < 1.29 is 4.74 Å². The maximum absolute atomic E-state index is 11.7. The summed E-state index contributed by atoms with van der Waals surface area (Å²) in [4.78, 5) is 16.5. The van der Waals surface area contributed by atoms with E-state index in [2.05, 4.69) is 56.5 Å². The Kier molecular flexibility index (Phi) is 13.0. The van der Waals surface area contributed by atoms with Crippen LogP contribution in [-0.4, -0.2) is 29.7 Å². The number of unbranched alkanes of at least 4 members (excludes halogenated alkanes) is 1. The Morgan fingerprint density at radius 3 is 2.68 bits per heavy atom. The lowest BCUT2D eigenvalue weighted by atomic mass is 10.1. The number of nitrogens with one attached hydrogen (secondary N) is 2. The number of guanidine groups is 1. The van der Waals surface area contributed by atoms with Crippen molar-refractivity contribution in [2.75, 3.05) is 13.1 Å². The standard InChI is InChI=1S/C24H36N4O2.HI/c1-5-20(4)30-22-17-19(3)12-13-21(22)18-27-24(25-6-2)26-14-8-10-16-28-15-9-7-11-23(28)29;/h7,9,11-13,15,17,20H,5-6,8,10,14,16,18H2,1-4H3,(H2,25,26,27);1H. The fourth-order valence-electron chi connectivity index (χ4n) is 2.97. The lowest BCUT2D eigenvalue weighted by Crippen LogP contribution is -2.37. The van der Waals surface area contributed by atoms with Crippen molar-refractivity contribution in [3.63, 3.8) is 0 Å². The highest BCUT2D eigenvalue weighted by Crippen LogP contribution is 2.23. The number of hydrogen-bond acceptors (Lipinski definition) is 3. The van der Waals surface area contributed by atoms with Crippen LogP contribution in [-0.2, 0) is 13.1 Å². The summed E-state index contributed by atoms with van der Waals surface area (Å²) in [5.74, 6) is 1.71. The van der Waals surface area contributed by atoms with E-state index in [-0.39, 0.29) is 35.6 Å². The van der Waals surface area contributed by atoms with Gasteiger partial charge in [0.15, 0.2) is 5.96 Å². The Labute approximate surface area is 203 Å². The molecule has 0 amide bonds. The van der Waals surface area contributed by atoms with Crippen LogP contribution >= 0.6 is 24.0 Å². The molecule has 2 N–H and O–H groups in total. The zero-order valence-corrected chi connectivity index (χ0v) is 21.5. The van der Waals surface area contributed by atoms with E-state index in [1.165, 1.54) is 5.56 Å². The third-order valence-corrected chi connectivity index (χ3v) is 4.89. The molecule has 2 aromatic rings. The predicted octanol–water partition coefficient (Wildman–Crippen LogP) is 4.49. The first-order valence-corrected chi connectivity index (χ1v) is 11.0. The summed E-state index contributed by atoms with van der Waals surface area (Å²) in [6, 6.07) is 11.5. The molecule has 0 saturated carbocycles. The normalized spacial score (nSPS) is 12.1. The van der Waals surface area contributed by atoms with Crippen molar-refractivity contribution in [2.24, 2.45) is 4.99 Å². The molecule has 31 heavy (non-hydrogen) atoms. The highest BCUT2D eigenvalue weighted by atomic mass is 127. The molecule has 6 nitrogen and oxygen atoms in total. The minimum absolute atomic E-state index is 0. The van der Waals surface area contributed by atoms with Gasteiger partial charge < -0.3 is 19.9 Å². The number of halogens is 1. The number of aliphatic imine (C=N–C) groups is 1. The molecule has 0 fully saturated rings. The van der Waals surface area contributed by atoms with Gasteiger partial charge in [0.2, 0.25) is 5.56 Å². The number of pyridine rings is 1. The second-order valence-corrected chi connectivity index (χ2v) is 7.51. The van der Waals surface area contributed by atoms with Gasteiger partial charge in [0.1, 0.15) is 5.75 Å². The van der Waals surface area contributed by atoms with Crippen LogP contribution in [0.15, 0.2) is 52.4 Å². The van der Waals surface area contributed by atoms with Crippen molar-refractivity contribution >= 4 is 29.9 Å². The molecule has 1 aromatic carbocycles. The van der Waals surface area contributed by atoms with Crippen LogP contribution < -0.4 is 20.9 Å². The molecule has 0 aliphatic rings. The Hall–Kier alpha value is -2.03. The number of aromatic nitrogens is 1. The lowest BCUT2D eigenvalue weighted by Gasteiger charge is -2.17. The molecule has 1 aromatic heterocycles. The number of rotatable bonds is 11. The number of nitrogens with zero attached hydrogens (tertiary/aromatic N) is 2. The average Bonchev–Trinajstić information content (AvgIpc) is 2.73. The Morgan fingerprint density at radius 2 is 1.97 bits per heavy atom. The van der Waals surface area contributed by atoms with Gasteiger partial charge in [-0.25, -0.2) is 4.99 Å². The first kappa shape index (κ1) is 27.0. The maximum Gasteiger partial charge on any atom is 0.250 e. The molecule has 0 aliphatic heterocycles. The SMILES string of the molecule is CCNC(=NCc1ccc(C)cc1OC(C)CC)NCCCCn1ccccc1=O.I. The fraction of sp³-hybridized carbons (Fsp3) is 0.500. The third kappa shape index (κ3) is 9.76. The predicted molar refractivity (Wildman–Crippen MR) is 140 cm³/mol. The average molecular weight is 540 g/mol. The lowest BCUT2D eigenvalue weighted by molar-refractivity contribution is 0.215.